The van der Waals surface area contributed by atoms with Gasteiger partial charge < -0.3 is 29.6 Å². The highest BCUT2D eigenvalue weighted by molar-refractivity contribution is 7.52. The van der Waals surface area contributed by atoms with Crippen molar-refractivity contribution in [3.8, 4) is 11.6 Å². The lowest BCUT2D eigenvalue weighted by Gasteiger charge is -2.25. The Hall–Kier alpha value is -3.43. The molecule has 0 amide bonds. The Morgan fingerprint density at radius 3 is 2.76 bits per heavy atom. The number of hydrogen-bond donors (Lipinski definition) is 3. The summed E-state index contributed by atoms with van der Waals surface area (Å²) in [4.78, 5) is 24.3. The first-order valence-corrected chi connectivity index (χ1v) is 14.2. The van der Waals surface area contributed by atoms with E-state index >= 15 is 4.39 Å². The molecule has 4 rings (SSSR count). The first kappa shape index (κ1) is 30.5. The van der Waals surface area contributed by atoms with Crippen molar-refractivity contribution in [2.24, 2.45) is 0 Å². The van der Waals surface area contributed by atoms with E-state index in [4.69, 9.17) is 29.0 Å². The van der Waals surface area contributed by atoms with Crippen LogP contribution in [0, 0.1) is 0 Å². The lowest BCUT2D eigenvalue weighted by molar-refractivity contribution is -0.144. The lowest BCUT2D eigenvalue weighted by Crippen LogP contribution is -2.41. The van der Waals surface area contributed by atoms with Gasteiger partial charge in [-0.15, -0.1) is 0 Å². The SMILES string of the molecule is CCOC(=O)[C@H](C)NP(=O)(OC[C@H]1O[C@@H](n2cnc3c(OCCF)nc(N)nc32)[C@](C)(F)[C@@H]1O)Oc1ccccc1. The van der Waals surface area contributed by atoms with Crippen molar-refractivity contribution in [2.45, 2.75) is 50.9 Å². The van der Waals surface area contributed by atoms with E-state index in [9.17, 15) is 18.9 Å². The van der Waals surface area contributed by atoms with Crippen molar-refractivity contribution in [3.63, 3.8) is 0 Å². The van der Waals surface area contributed by atoms with Crippen LogP contribution in [0.1, 0.15) is 27.0 Å². The summed E-state index contributed by atoms with van der Waals surface area (Å²) in [6.45, 7) is 2.49. The number of aliphatic hydroxyl groups is 1. The number of nitrogen functional groups attached to an aromatic ring is 1. The van der Waals surface area contributed by atoms with E-state index < -0.39 is 57.1 Å². The fraction of sp³-hybridized carbons (Fsp3) is 0.500. The van der Waals surface area contributed by atoms with E-state index in [1.165, 1.54) is 30.0 Å². The number of rotatable bonds is 13. The first-order valence-electron chi connectivity index (χ1n) is 12.6. The summed E-state index contributed by atoms with van der Waals surface area (Å²) in [6, 6.07) is 6.92. The molecular weight excluding hydrogens is 569 g/mol. The average Bonchev–Trinajstić information content (AvgIpc) is 3.44. The summed E-state index contributed by atoms with van der Waals surface area (Å²) in [5.41, 5.74) is 3.40. The molecule has 0 spiro atoms. The van der Waals surface area contributed by atoms with Crippen LogP contribution in [0.3, 0.4) is 0 Å². The van der Waals surface area contributed by atoms with Gasteiger partial charge in [-0.05, 0) is 32.9 Å². The lowest BCUT2D eigenvalue weighted by atomic mass is 9.98. The predicted molar refractivity (Wildman–Crippen MR) is 140 cm³/mol. The number of imidazole rings is 1. The van der Waals surface area contributed by atoms with Gasteiger partial charge in [-0.2, -0.15) is 15.1 Å². The number of nitrogens with one attached hydrogen (secondary N) is 1. The summed E-state index contributed by atoms with van der Waals surface area (Å²) in [7, 11) is -4.31. The van der Waals surface area contributed by atoms with Gasteiger partial charge in [0.15, 0.2) is 23.1 Å². The minimum Gasteiger partial charge on any atom is -0.473 e. The number of benzene rings is 1. The van der Waals surface area contributed by atoms with Crippen molar-refractivity contribution < 1.29 is 46.5 Å². The van der Waals surface area contributed by atoms with Gasteiger partial charge >= 0.3 is 13.7 Å². The van der Waals surface area contributed by atoms with Gasteiger partial charge in [-0.3, -0.25) is 13.9 Å². The highest BCUT2D eigenvalue weighted by Gasteiger charge is 2.56. The standard InChI is InChI=1S/C24H31F2N6O8P/c1-4-36-21(34)14(2)31-41(35,40-15-8-6-5-7-9-15)38-12-16-18(33)24(3,26)22(39-16)32-13-28-17-19(32)29-23(27)30-20(17)37-11-10-25/h5-9,13-14,16,18,22,33H,4,10-12H2,1-3H3,(H,31,35)(H2,27,29,30)/t14-,16+,18+,22+,24+,41?/m0/s1. The summed E-state index contributed by atoms with van der Waals surface area (Å²) in [5.74, 6) is -0.894. The van der Waals surface area contributed by atoms with Crippen LogP contribution >= 0.6 is 7.75 Å². The second kappa shape index (κ2) is 12.6. The predicted octanol–water partition coefficient (Wildman–Crippen LogP) is 2.49. The molecule has 14 nitrogen and oxygen atoms in total. The number of halogens is 2. The molecule has 0 bridgehead atoms. The van der Waals surface area contributed by atoms with Gasteiger partial charge in [0, 0.05) is 0 Å². The molecule has 1 aliphatic rings. The van der Waals surface area contributed by atoms with E-state index in [-0.39, 0.29) is 42.0 Å². The molecule has 3 heterocycles. The molecule has 2 aromatic heterocycles. The number of carbonyl (C=O) groups is 1. The minimum atomic E-state index is -4.31. The van der Waals surface area contributed by atoms with Gasteiger partial charge in [-0.25, -0.2) is 18.3 Å². The number of nitrogens with zero attached hydrogens (tertiary/aromatic N) is 4. The molecule has 1 unspecified atom stereocenters. The van der Waals surface area contributed by atoms with Crippen LogP contribution in [0.25, 0.3) is 11.2 Å². The number of esters is 1. The van der Waals surface area contributed by atoms with E-state index in [0.29, 0.717) is 0 Å². The second-order valence-electron chi connectivity index (χ2n) is 9.17. The molecule has 3 aromatic rings. The van der Waals surface area contributed by atoms with Crippen molar-refractivity contribution in [3.05, 3.63) is 36.7 Å². The highest BCUT2D eigenvalue weighted by atomic mass is 31.2. The number of ether oxygens (including phenoxy) is 3. The maximum Gasteiger partial charge on any atom is 0.459 e. The van der Waals surface area contributed by atoms with Gasteiger partial charge in [0.2, 0.25) is 11.8 Å². The molecule has 6 atom stereocenters. The Bertz CT molecular complexity index is 1400. The Morgan fingerprint density at radius 2 is 2.07 bits per heavy atom. The number of fused-ring (bicyclic) bond motifs is 1. The third-order valence-electron chi connectivity index (χ3n) is 6.06. The van der Waals surface area contributed by atoms with Crippen molar-refractivity contribution >= 4 is 30.8 Å². The number of carbonyl (C=O) groups excluding carboxylic acids is 1. The Morgan fingerprint density at radius 1 is 1.34 bits per heavy atom. The molecule has 41 heavy (non-hydrogen) atoms. The summed E-state index contributed by atoms with van der Waals surface area (Å²) in [5, 5.41) is 13.3. The fourth-order valence-corrected chi connectivity index (χ4v) is 5.61. The van der Waals surface area contributed by atoms with Gasteiger partial charge in [0.1, 0.15) is 37.3 Å². The van der Waals surface area contributed by atoms with Crippen LogP contribution in [0.2, 0.25) is 0 Å². The van der Waals surface area contributed by atoms with Gasteiger partial charge in [0.25, 0.3) is 0 Å². The maximum absolute atomic E-state index is 16.0. The third kappa shape index (κ3) is 6.73. The van der Waals surface area contributed by atoms with E-state index in [1.807, 2.05) is 0 Å². The van der Waals surface area contributed by atoms with Gasteiger partial charge in [-0.1, -0.05) is 18.2 Å². The molecule has 1 fully saturated rings. The third-order valence-corrected chi connectivity index (χ3v) is 7.71. The summed E-state index contributed by atoms with van der Waals surface area (Å²) < 4.78 is 70.6. The normalized spacial score (nSPS) is 24.6. The number of alkyl halides is 2. The quantitative estimate of drug-likeness (QED) is 0.192. The van der Waals surface area contributed by atoms with E-state index in [2.05, 4.69) is 20.0 Å². The molecule has 17 heteroatoms. The minimum absolute atomic E-state index is 0.0111. The van der Waals surface area contributed by atoms with Crippen LogP contribution in [0.4, 0.5) is 14.7 Å². The molecule has 0 aliphatic carbocycles. The zero-order chi connectivity index (χ0) is 29.8. The fourth-order valence-electron chi connectivity index (χ4n) is 4.10. The summed E-state index contributed by atoms with van der Waals surface area (Å²) >= 11 is 0. The monoisotopic (exact) mass is 600 g/mol. The van der Waals surface area contributed by atoms with Crippen LogP contribution in [-0.4, -0.2) is 81.0 Å². The topological polar surface area (TPSA) is 182 Å². The molecule has 0 saturated carbocycles. The molecule has 1 aromatic carbocycles. The molecular formula is C24H31F2N6O8P. The number of hydrogen-bond acceptors (Lipinski definition) is 12. The Labute approximate surface area is 233 Å². The van der Waals surface area contributed by atoms with E-state index in [0.717, 1.165) is 6.92 Å². The Kier molecular flexibility index (Phi) is 9.39. The molecule has 1 aliphatic heterocycles. The Balaban J connectivity index is 1.56. The van der Waals surface area contributed by atoms with E-state index in [1.54, 1.807) is 25.1 Å². The van der Waals surface area contributed by atoms with Gasteiger partial charge in [0.05, 0.1) is 19.5 Å². The second-order valence-corrected chi connectivity index (χ2v) is 10.9. The van der Waals surface area contributed by atoms with Crippen molar-refractivity contribution in [1.29, 1.82) is 0 Å². The zero-order valence-corrected chi connectivity index (χ0v) is 23.4. The van der Waals surface area contributed by atoms with Crippen molar-refractivity contribution in [1.82, 2.24) is 24.6 Å². The number of aliphatic hydroxyl groups excluding tert-OH is 1. The zero-order valence-electron chi connectivity index (χ0n) is 22.5. The van der Waals surface area contributed by atoms with Crippen LogP contribution < -0.4 is 20.1 Å². The molecule has 4 N–H and O–H groups in total. The number of anilines is 1. The maximum atomic E-state index is 16.0. The molecule has 224 valence electrons. The largest absolute Gasteiger partial charge is 0.473 e. The number of para-hydroxylation sites is 1. The number of nitrogens with two attached hydrogens (primary N) is 1. The molecule has 1 saturated heterocycles. The first-order chi connectivity index (χ1) is 19.5. The average molecular weight is 601 g/mol. The summed E-state index contributed by atoms with van der Waals surface area (Å²) in [6.07, 6.45) is -3.45. The molecule has 0 radical (unpaired) electrons. The smallest absolute Gasteiger partial charge is 0.459 e. The van der Waals surface area contributed by atoms with Crippen LogP contribution in [0.15, 0.2) is 36.7 Å². The van der Waals surface area contributed by atoms with Crippen LogP contribution in [-0.2, 0) is 23.4 Å². The van der Waals surface area contributed by atoms with Crippen molar-refractivity contribution in [2.75, 3.05) is 32.2 Å². The van der Waals surface area contributed by atoms with Crippen LogP contribution in [0.5, 0.6) is 11.6 Å². The number of aromatic nitrogens is 4. The highest BCUT2D eigenvalue weighted by Crippen LogP contribution is 2.48.